The number of rotatable bonds is 10. The molecule has 0 aliphatic heterocycles. The molecule has 0 aromatic rings. The number of nitrogens with zero attached hydrogens (tertiary/aromatic N) is 1. The zero-order valence-electron chi connectivity index (χ0n) is 16.7. The average Bonchev–Trinajstić information content (AvgIpc) is 2.39. The Morgan fingerprint density at radius 3 is 2.00 bits per heavy atom. The monoisotopic (exact) mass is 350 g/mol. The van der Waals surface area contributed by atoms with Gasteiger partial charge in [-0.2, -0.15) is 0 Å². The van der Waals surface area contributed by atoms with Crippen molar-refractivity contribution in [2.24, 2.45) is 0 Å². The first kappa shape index (κ1) is 23.1. The van der Waals surface area contributed by atoms with Crippen LogP contribution < -0.4 is 5.09 Å². The molecule has 2 unspecified atom stereocenters. The SMILES string of the molecule is CCN(CC)CCNP(=O)(OC(C)COC(C)(C)C)C(C)(C)C. The Morgan fingerprint density at radius 2 is 1.61 bits per heavy atom. The molecule has 0 radical (unpaired) electrons. The third-order valence-electron chi connectivity index (χ3n) is 3.60. The molecule has 0 aliphatic rings. The van der Waals surface area contributed by atoms with Crippen LogP contribution in [0, 0.1) is 0 Å². The molecule has 0 spiro atoms. The van der Waals surface area contributed by atoms with Gasteiger partial charge >= 0.3 is 0 Å². The minimum Gasteiger partial charge on any atom is -0.373 e. The van der Waals surface area contributed by atoms with Crippen molar-refractivity contribution in [1.29, 1.82) is 0 Å². The lowest BCUT2D eigenvalue weighted by Gasteiger charge is -2.34. The van der Waals surface area contributed by atoms with E-state index in [-0.39, 0.29) is 11.7 Å². The van der Waals surface area contributed by atoms with Crippen LogP contribution in [0.5, 0.6) is 0 Å². The Bertz CT molecular complexity index is 371. The highest BCUT2D eigenvalue weighted by molar-refractivity contribution is 7.58. The number of likely N-dealkylation sites (N-methyl/N-ethyl adjacent to an activating group) is 1. The normalized spacial score (nSPS) is 17.3. The lowest BCUT2D eigenvalue weighted by molar-refractivity contribution is -0.0379. The van der Waals surface area contributed by atoms with Crippen LogP contribution in [0.4, 0.5) is 0 Å². The van der Waals surface area contributed by atoms with Gasteiger partial charge in [-0.25, -0.2) is 5.09 Å². The molecular weight excluding hydrogens is 311 g/mol. The highest BCUT2D eigenvalue weighted by Gasteiger charge is 2.39. The average molecular weight is 350 g/mol. The molecule has 0 fully saturated rings. The molecule has 2 atom stereocenters. The fourth-order valence-electron chi connectivity index (χ4n) is 1.98. The van der Waals surface area contributed by atoms with E-state index in [1.165, 1.54) is 0 Å². The molecule has 0 saturated heterocycles. The summed E-state index contributed by atoms with van der Waals surface area (Å²) in [5, 5.41) is 2.75. The summed E-state index contributed by atoms with van der Waals surface area (Å²) >= 11 is 0. The molecule has 0 heterocycles. The molecule has 23 heavy (non-hydrogen) atoms. The molecule has 1 N–H and O–H groups in total. The van der Waals surface area contributed by atoms with Crippen molar-refractivity contribution in [3.63, 3.8) is 0 Å². The maximum atomic E-state index is 13.3. The number of nitrogens with one attached hydrogen (secondary N) is 1. The van der Waals surface area contributed by atoms with Crippen LogP contribution in [0.3, 0.4) is 0 Å². The second kappa shape index (κ2) is 9.53. The maximum absolute atomic E-state index is 13.3. The van der Waals surface area contributed by atoms with E-state index in [0.717, 1.165) is 19.6 Å². The third-order valence-corrected chi connectivity index (χ3v) is 6.67. The van der Waals surface area contributed by atoms with Crippen molar-refractivity contribution in [3.05, 3.63) is 0 Å². The molecule has 0 rings (SSSR count). The molecule has 0 aliphatic carbocycles. The van der Waals surface area contributed by atoms with E-state index in [2.05, 4.69) is 23.8 Å². The summed E-state index contributed by atoms with van der Waals surface area (Å²) in [6.45, 7) is 22.0. The second-order valence-corrected chi connectivity index (χ2v) is 11.0. The van der Waals surface area contributed by atoms with E-state index in [4.69, 9.17) is 9.26 Å². The van der Waals surface area contributed by atoms with E-state index in [1.54, 1.807) is 0 Å². The predicted octanol–water partition coefficient (Wildman–Crippen LogP) is 4.13. The zero-order chi connectivity index (χ0) is 18.3. The van der Waals surface area contributed by atoms with Crippen molar-refractivity contribution in [2.75, 3.05) is 32.8 Å². The number of ether oxygens (including phenoxy) is 1. The van der Waals surface area contributed by atoms with E-state index in [1.807, 2.05) is 48.5 Å². The third kappa shape index (κ3) is 9.21. The quantitative estimate of drug-likeness (QED) is 0.600. The summed E-state index contributed by atoms with van der Waals surface area (Å²) in [7, 11) is -2.98. The predicted molar refractivity (Wildman–Crippen MR) is 99.4 cm³/mol. The van der Waals surface area contributed by atoms with Crippen molar-refractivity contribution >= 4 is 7.52 Å². The highest BCUT2D eigenvalue weighted by atomic mass is 31.2. The molecule has 6 heteroatoms. The smallest absolute Gasteiger partial charge is 0.275 e. The molecule has 0 bridgehead atoms. The summed E-state index contributed by atoms with van der Waals surface area (Å²) in [6, 6.07) is 0. The van der Waals surface area contributed by atoms with Crippen molar-refractivity contribution in [2.45, 2.75) is 79.2 Å². The number of hydrogen-bond donors (Lipinski definition) is 1. The van der Waals surface area contributed by atoms with Gasteiger partial charge in [0.05, 0.1) is 23.5 Å². The van der Waals surface area contributed by atoms with Crippen molar-refractivity contribution < 1.29 is 13.8 Å². The molecule has 0 aromatic carbocycles. The Kier molecular flexibility index (Phi) is 9.56. The molecule has 5 nitrogen and oxygen atoms in total. The minimum atomic E-state index is -2.98. The lowest BCUT2D eigenvalue weighted by atomic mass is 10.2. The van der Waals surface area contributed by atoms with Gasteiger partial charge in [0.15, 0.2) is 0 Å². The van der Waals surface area contributed by atoms with Crippen molar-refractivity contribution in [3.8, 4) is 0 Å². The van der Waals surface area contributed by atoms with Gasteiger partial charge in [-0.05, 0) is 61.6 Å². The summed E-state index contributed by atoms with van der Waals surface area (Å²) in [6.07, 6.45) is -0.222. The molecule has 140 valence electrons. The molecule has 0 saturated carbocycles. The van der Waals surface area contributed by atoms with Gasteiger partial charge in [-0.1, -0.05) is 13.8 Å². The van der Waals surface area contributed by atoms with Crippen LogP contribution in [0.2, 0.25) is 0 Å². The summed E-state index contributed by atoms with van der Waals surface area (Å²) in [5.41, 5.74) is -0.223. The largest absolute Gasteiger partial charge is 0.373 e. The van der Waals surface area contributed by atoms with E-state index >= 15 is 0 Å². The van der Waals surface area contributed by atoms with E-state index in [0.29, 0.717) is 13.2 Å². The number of hydrogen-bond acceptors (Lipinski definition) is 4. The van der Waals surface area contributed by atoms with E-state index in [9.17, 15) is 4.57 Å². The fourth-order valence-corrected chi connectivity index (χ4v) is 3.81. The standard InChI is InChI=1S/C17H39N2O3P/c1-10-19(11-2)13-12-18-23(20,17(7,8)9)22-15(3)14-21-16(4,5)6/h15H,10-14H2,1-9H3,(H,18,20). The van der Waals surface area contributed by atoms with E-state index < -0.39 is 12.7 Å². The Morgan fingerprint density at radius 1 is 1.09 bits per heavy atom. The van der Waals surface area contributed by atoms with Gasteiger partial charge in [0.2, 0.25) is 0 Å². The van der Waals surface area contributed by atoms with Crippen LogP contribution in [-0.4, -0.2) is 54.5 Å². The van der Waals surface area contributed by atoms with Gasteiger partial charge in [-0.3, -0.25) is 4.57 Å². The van der Waals surface area contributed by atoms with Gasteiger partial charge in [0.25, 0.3) is 7.52 Å². The Labute approximate surface area is 144 Å². The summed E-state index contributed by atoms with van der Waals surface area (Å²) in [4.78, 5) is 2.30. The Balaban J connectivity index is 4.70. The second-order valence-electron chi connectivity index (χ2n) is 8.00. The zero-order valence-corrected chi connectivity index (χ0v) is 17.6. The molecule has 0 aromatic heterocycles. The Hall–Kier alpha value is 0.0700. The minimum absolute atomic E-state index is 0.222. The first-order chi connectivity index (χ1) is 10.3. The van der Waals surface area contributed by atoms with Gasteiger partial charge in [0, 0.05) is 13.1 Å². The topological polar surface area (TPSA) is 50.8 Å². The lowest BCUT2D eigenvalue weighted by Crippen LogP contribution is -2.36. The first-order valence-electron chi connectivity index (χ1n) is 8.74. The van der Waals surface area contributed by atoms with Gasteiger partial charge < -0.3 is 14.2 Å². The van der Waals surface area contributed by atoms with Crippen LogP contribution in [-0.2, 0) is 13.8 Å². The van der Waals surface area contributed by atoms with Gasteiger partial charge in [-0.15, -0.1) is 0 Å². The first-order valence-corrected chi connectivity index (χ1v) is 10.4. The van der Waals surface area contributed by atoms with Crippen LogP contribution in [0.15, 0.2) is 0 Å². The van der Waals surface area contributed by atoms with Crippen LogP contribution in [0.1, 0.15) is 62.3 Å². The van der Waals surface area contributed by atoms with Crippen LogP contribution >= 0.6 is 7.52 Å². The highest BCUT2D eigenvalue weighted by Crippen LogP contribution is 2.55. The van der Waals surface area contributed by atoms with Crippen LogP contribution in [0.25, 0.3) is 0 Å². The molecule has 0 amide bonds. The summed E-state index contributed by atoms with van der Waals surface area (Å²) < 4.78 is 25.0. The van der Waals surface area contributed by atoms with Gasteiger partial charge in [0.1, 0.15) is 0 Å². The molecular formula is C17H39N2O3P. The summed E-state index contributed by atoms with van der Waals surface area (Å²) in [5.74, 6) is 0. The fraction of sp³-hybridized carbons (Fsp3) is 1.00. The van der Waals surface area contributed by atoms with Crippen molar-refractivity contribution in [1.82, 2.24) is 9.99 Å². The maximum Gasteiger partial charge on any atom is 0.275 e.